The van der Waals surface area contributed by atoms with Gasteiger partial charge in [-0.2, -0.15) is 8.42 Å². The van der Waals surface area contributed by atoms with Crippen molar-refractivity contribution in [2.24, 2.45) is 11.8 Å². The van der Waals surface area contributed by atoms with Gasteiger partial charge in [-0.25, -0.2) is 0 Å². The van der Waals surface area contributed by atoms with Crippen LogP contribution in [-0.4, -0.2) is 43.4 Å². The summed E-state index contributed by atoms with van der Waals surface area (Å²) < 4.78 is 42.8. The zero-order valence-electron chi connectivity index (χ0n) is 20.2. The molecule has 30 heavy (non-hydrogen) atoms. The first-order valence-electron chi connectivity index (χ1n) is 10.5. The summed E-state index contributed by atoms with van der Waals surface area (Å²) in [6.07, 6.45) is 6.74. The van der Waals surface area contributed by atoms with Gasteiger partial charge < -0.3 is 10.9 Å². The van der Waals surface area contributed by atoms with Gasteiger partial charge in [0.05, 0.1) is 19.6 Å². The largest absolute Gasteiger partial charge is 1.00 e. The van der Waals surface area contributed by atoms with E-state index in [-0.39, 0.29) is 68.4 Å². The molecule has 0 aromatic heterocycles. The van der Waals surface area contributed by atoms with Crippen LogP contribution < -0.4 is 29.6 Å². The van der Waals surface area contributed by atoms with E-state index in [4.69, 9.17) is 9.47 Å². The van der Waals surface area contributed by atoms with Gasteiger partial charge in [-0.1, -0.05) is 66.2 Å². The average Bonchev–Trinajstić information content (AvgIpc) is 2.65. The van der Waals surface area contributed by atoms with Crippen molar-refractivity contribution < 1.29 is 63.0 Å². The van der Waals surface area contributed by atoms with Crippen LogP contribution in [0.25, 0.3) is 0 Å². The minimum atomic E-state index is -4.76. The smallest absolute Gasteiger partial charge is 1.00 e. The quantitative estimate of drug-likeness (QED) is 0.202. The van der Waals surface area contributed by atoms with Gasteiger partial charge >= 0.3 is 41.5 Å². The molecule has 0 saturated carbocycles. The summed E-state index contributed by atoms with van der Waals surface area (Å²) in [5.41, 5.74) is 0. The summed E-state index contributed by atoms with van der Waals surface area (Å²) in [6.45, 7) is 8.35. The molecule has 0 rings (SSSR count). The van der Waals surface area contributed by atoms with Crippen molar-refractivity contribution in [3.8, 4) is 0 Å². The van der Waals surface area contributed by atoms with Crippen molar-refractivity contribution in [2.45, 2.75) is 90.7 Å². The molecule has 3 unspecified atom stereocenters. The van der Waals surface area contributed by atoms with E-state index in [9.17, 15) is 22.6 Å². The number of rotatable bonds is 16. The molecular formula is C20H40ClNaO7S. The van der Waals surface area contributed by atoms with Crippen LogP contribution in [0.2, 0.25) is 0 Å². The second-order valence-electron chi connectivity index (χ2n) is 7.35. The molecule has 10 heteroatoms. The van der Waals surface area contributed by atoms with E-state index < -0.39 is 33.7 Å². The average molecular weight is 483 g/mol. The van der Waals surface area contributed by atoms with Gasteiger partial charge in [-0.15, -0.1) is 12.4 Å². The molecule has 0 aliphatic rings. The fourth-order valence-electron chi connectivity index (χ4n) is 2.82. The van der Waals surface area contributed by atoms with Crippen molar-refractivity contribution in [1.29, 1.82) is 0 Å². The molecule has 1 N–H and O–H groups in total. The predicted molar refractivity (Wildman–Crippen MR) is 117 cm³/mol. The van der Waals surface area contributed by atoms with Crippen LogP contribution in [0.15, 0.2) is 0 Å². The van der Waals surface area contributed by atoms with Crippen LogP contribution in [0.4, 0.5) is 0 Å². The molecule has 0 aromatic rings. The van der Waals surface area contributed by atoms with Gasteiger partial charge in [0, 0.05) is 0 Å². The zero-order chi connectivity index (χ0) is 21.6. The molecule has 0 heterocycles. The van der Waals surface area contributed by atoms with E-state index in [1.807, 2.05) is 13.8 Å². The minimum absolute atomic E-state index is 0. The van der Waals surface area contributed by atoms with Crippen LogP contribution in [0.3, 0.4) is 0 Å². The number of halogens is 1. The van der Waals surface area contributed by atoms with E-state index in [0.717, 1.165) is 51.4 Å². The van der Waals surface area contributed by atoms with E-state index in [1.54, 1.807) is 0 Å². The Labute approximate surface area is 212 Å². The first-order valence-corrected chi connectivity index (χ1v) is 12.0. The summed E-state index contributed by atoms with van der Waals surface area (Å²) in [5.74, 6) is -1.61. The minimum Gasteiger partial charge on any atom is -1.00 e. The second kappa shape index (κ2) is 19.8. The summed E-state index contributed by atoms with van der Waals surface area (Å²) in [7, 11) is -4.76. The van der Waals surface area contributed by atoms with Crippen LogP contribution in [0.1, 0.15) is 86.9 Å². The second-order valence-corrected chi connectivity index (χ2v) is 8.95. The molecule has 0 spiro atoms. The van der Waals surface area contributed by atoms with Gasteiger partial charge in [0.25, 0.3) is 10.1 Å². The maximum Gasteiger partial charge on any atom is 1.00 e. The number of hydrogen-bond donors (Lipinski definition) is 1. The molecule has 0 aliphatic heterocycles. The van der Waals surface area contributed by atoms with Crippen LogP contribution in [0, 0.1) is 11.8 Å². The third kappa shape index (κ3) is 15.9. The Morgan fingerprint density at radius 1 is 0.900 bits per heavy atom. The van der Waals surface area contributed by atoms with Gasteiger partial charge in [0.2, 0.25) is 0 Å². The molecule has 0 amide bonds. The Bertz CT molecular complexity index is 564. The van der Waals surface area contributed by atoms with Gasteiger partial charge in [0.15, 0.2) is 5.25 Å². The maximum absolute atomic E-state index is 12.2. The van der Waals surface area contributed by atoms with Crippen molar-refractivity contribution in [1.82, 2.24) is 0 Å². The molecule has 0 saturated heterocycles. The van der Waals surface area contributed by atoms with Crippen LogP contribution >= 0.6 is 12.4 Å². The van der Waals surface area contributed by atoms with Gasteiger partial charge in [-0.05, 0) is 24.7 Å². The van der Waals surface area contributed by atoms with Crippen molar-refractivity contribution in [2.75, 3.05) is 13.2 Å². The molecule has 0 aliphatic carbocycles. The third-order valence-corrected chi connectivity index (χ3v) is 6.08. The first-order chi connectivity index (χ1) is 13.2. The fraction of sp³-hybridized carbons (Fsp3) is 0.900. The summed E-state index contributed by atoms with van der Waals surface area (Å²) in [6, 6.07) is 0. The fourth-order valence-corrected chi connectivity index (χ4v) is 3.48. The first kappa shape index (κ1) is 34.7. The SMILES string of the molecule is CCCCC(CC)COC(=O)CC(C(=O)OCC(CC)CCCC)S(=O)(=O)O.Cl.[H-].[Na+]. The Hall–Kier alpha value is 0.140. The molecule has 176 valence electrons. The molecule has 7 nitrogen and oxygen atoms in total. The summed E-state index contributed by atoms with van der Waals surface area (Å²) >= 11 is 0. The summed E-state index contributed by atoms with van der Waals surface area (Å²) in [4.78, 5) is 24.2. The molecule has 0 bridgehead atoms. The van der Waals surface area contributed by atoms with E-state index in [1.165, 1.54) is 0 Å². The molecule has 3 atom stereocenters. The number of ether oxygens (including phenoxy) is 2. The normalized spacial score (nSPS) is 13.9. The molecule has 0 aromatic carbocycles. The van der Waals surface area contributed by atoms with E-state index in [2.05, 4.69) is 13.8 Å². The monoisotopic (exact) mass is 482 g/mol. The zero-order valence-corrected chi connectivity index (χ0v) is 22.9. The van der Waals surface area contributed by atoms with Crippen LogP contribution in [-0.2, 0) is 29.2 Å². The molecule has 0 fully saturated rings. The predicted octanol–water partition coefficient (Wildman–Crippen LogP) is 1.69. The van der Waals surface area contributed by atoms with Crippen LogP contribution in [0.5, 0.6) is 0 Å². The van der Waals surface area contributed by atoms with Crippen molar-refractivity contribution in [3.63, 3.8) is 0 Å². The van der Waals surface area contributed by atoms with Gasteiger partial charge in [-0.3, -0.25) is 14.1 Å². The number of hydrogen-bond acceptors (Lipinski definition) is 6. The number of carbonyl (C=O) groups excluding carboxylic acids is 2. The Balaban J connectivity index is -0.00000121. The Morgan fingerprint density at radius 2 is 1.33 bits per heavy atom. The maximum atomic E-state index is 12.2. The van der Waals surface area contributed by atoms with E-state index >= 15 is 0 Å². The van der Waals surface area contributed by atoms with Gasteiger partial charge in [0.1, 0.15) is 0 Å². The Morgan fingerprint density at radius 3 is 1.70 bits per heavy atom. The number of carbonyl (C=O) groups is 2. The third-order valence-electron chi connectivity index (χ3n) is 5.00. The number of unbranched alkanes of at least 4 members (excludes halogenated alkanes) is 2. The van der Waals surface area contributed by atoms with E-state index in [0.29, 0.717) is 0 Å². The topological polar surface area (TPSA) is 107 Å². The molecule has 0 radical (unpaired) electrons. The van der Waals surface area contributed by atoms with Crippen molar-refractivity contribution in [3.05, 3.63) is 0 Å². The van der Waals surface area contributed by atoms with Crippen molar-refractivity contribution >= 4 is 34.5 Å². The Kier molecular flexibility index (Phi) is 22.9. The summed E-state index contributed by atoms with van der Waals surface area (Å²) in [5, 5.41) is -1.95. The standard InChI is InChI=1S/C20H38O7S.ClH.Na.H/c1-5-9-11-16(7-3)14-26-19(21)13-18(28(23,24)25)20(22)27-15-17(8-4)12-10-6-2;;;/h16-18H,5-15H2,1-4H3,(H,23,24,25);1H;;/q;;+1;-1. The molecular weight excluding hydrogens is 443 g/mol. The number of esters is 2.